The lowest BCUT2D eigenvalue weighted by Crippen LogP contribution is -2.52. The van der Waals surface area contributed by atoms with Gasteiger partial charge in [-0.2, -0.15) is 0 Å². The largest absolute Gasteiger partial charge is 0.339 e. The minimum absolute atomic E-state index is 0.0529. The van der Waals surface area contributed by atoms with E-state index in [1.54, 1.807) is 9.13 Å². The summed E-state index contributed by atoms with van der Waals surface area (Å²) in [5.41, 5.74) is 1.66. The van der Waals surface area contributed by atoms with Crippen LogP contribution in [0, 0.1) is 0 Å². The smallest absolute Gasteiger partial charge is 0.329 e. The molecule has 0 spiro atoms. The molecule has 1 aliphatic heterocycles. The average Bonchev–Trinajstić information content (AvgIpc) is 3.29. The Morgan fingerprint density at radius 1 is 1.00 bits per heavy atom. The highest BCUT2D eigenvalue weighted by molar-refractivity contribution is 5.81. The van der Waals surface area contributed by atoms with Crippen LogP contribution in [-0.2, 0) is 17.9 Å². The molecule has 0 radical (unpaired) electrons. The van der Waals surface area contributed by atoms with Crippen molar-refractivity contribution in [3.05, 3.63) is 34.7 Å². The first-order valence-electron chi connectivity index (χ1n) is 9.89. The van der Waals surface area contributed by atoms with E-state index in [2.05, 4.69) is 4.90 Å². The second-order valence-corrected chi connectivity index (χ2v) is 7.46. The molecule has 6 heteroatoms. The summed E-state index contributed by atoms with van der Waals surface area (Å²) in [5.74, 6) is 0.0529. The number of fused-ring (bicyclic) bond motifs is 1. The SMILES string of the molecule is CCn1c(=O)n(CC(=O)N2CCN(C3CCCC3)CC2)c2ccccc21. The molecule has 4 rings (SSSR count). The fourth-order valence-corrected chi connectivity index (χ4v) is 4.57. The zero-order valence-electron chi connectivity index (χ0n) is 15.6. The Morgan fingerprint density at radius 2 is 1.62 bits per heavy atom. The van der Waals surface area contributed by atoms with E-state index in [-0.39, 0.29) is 18.1 Å². The third-order valence-corrected chi connectivity index (χ3v) is 6.04. The fourth-order valence-electron chi connectivity index (χ4n) is 4.57. The second-order valence-electron chi connectivity index (χ2n) is 7.46. The molecule has 6 nitrogen and oxygen atoms in total. The molecule has 1 aliphatic carbocycles. The number of nitrogens with zero attached hydrogens (tertiary/aromatic N) is 4. The molecule has 1 saturated carbocycles. The molecule has 0 N–H and O–H groups in total. The molecule has 2 fully saturated rings. The number of hydrogen-bond acceptors (Lipinski definition) is 3. The van der Waals surface area contributed by atoms with Crippen molar-refractivity contribution in [3.63, 3.8) is 0 Å². The summed E-state index contributed by atoms with van der Waals surface area (Å²) < 4.78 is 3.37. The van der Waals surface area contributed by atoms with Gasteiger partial charge in [-0.25, -0.2) is 4.79 Å². The Kier molecular flexibility index (Phi) is 4.85. The van der Waals surface area contributed by atoms with Crippen LogP contribution < -0.4 is 5.69 Å². The Bertz CT molecular complexity index is 839. The van der Waals surface area contributed by atoms with Crippen LogP contribution >= 0.6 is 0 Å². The van der Waals surface area contributed by atoms with Crippen molar-refractivity contribution in [2.75, 3.05) is 26.2 Å². The van der Waals surface area contributed by atoms with E-state index in [0.29, 0.717) is 6.54 Å². The minimum Gasteiger partial charge on any atom is -0.339 e. The molecule has 1 aromatic carbocycles. The molecule has 2 aromatic rings. The summed E-state index contributed by atoms with van der Waals surface area (Å²) in [5, 5.41) is 0. The van der Waals surface area contributed by atoms with Gasteiger partial charge in [-0.1, -0.05) is 25.0 Å². The van der Waals surface area contributed by atoms with Crippen molar-refractivity contribution in [1.29, 1.82) is 0 Å². The van der Waals surface area contributed by atoms with Crippen LogP contribution in [0.15, 0.2) is 29.1 Å². The van der Waals surface area contributed by atoms with E-state index in [9.17, 15) is 9.59 Å². The number of carbonyl (C=O) groups is 1. The van der Waals surface area contributed by atoms with Crippen molar-refractivity contribution in [2.45, 2.75) is 51.7 Å². The number of rotatable bonds is 4. The number of para-hydroxylation sites is 2. The van der Waals surface area contributed by atoms with E-state index >= 15 is 0 Å². The lowest BCUT2D eigenvalue weighted by Gasteiger charge is -2.38. The highest BCUT2D eigenvalue weighted by atomic mass is 16.2. The van der Waals surface area contributed by atoms with Crippen LogP contribution in [0.3, 0.4) is 0 Å². The van der Waals surface area contributed by atoms with Gasteiger partial charge in [-0.3, -0.25) is 18.8 Å². The monoisotopic (exact) mass is 356 g/mol. The number of aryl methyl sites for hydroxylation is 1. The van der Waals surface area contributed by atoms with Crippen molar-refractivity contribution in [3.8, 4) is 0 Å². The fraction of sp³-hybridized carbons (Fsp3) is 0.600. The first kappa shape index (κ1) is 17.3. The first-order chi connectivity index (χ1) is 12.7. The number of benzene rings is 1. The Hall–Kier alpha value is -2.08. The van der Waals surface area contributed by atoms with Crippen molar-refractivity contribution >= 4 is 16.9 Å². The van der Waals surface area contributed by atoms with Crippen LogP contribution in [0.25, 0.3) is 11.0 Å². The molecule has 0 atom stereocenters. The number of piperazine rings is 1. The summed E-state index contributed by atoms with van der Waals surface area (Å²) in [6, 6.07) is 8.44. The number of aromatic nitrogens is 2. The molecule has 0 unspecified atom stereocenters. The number of carbonyl (C=O) groups excluding carboxylic acids is 1. The minimum atomic E-state index is -0.0911. The first-order valence-corrected chi connectivity index (χ1v) is 9.89. The predicted octanol–water partition coefficient (Wildman–Crippen LogP) is 1.91. The maximum Gasteiger partial charge on any atom is 0.329 e. The summed E-state index contributed by atoms with van der Waals surface area (Å²) in [7, 11) is 0. The number of hydrogen-bond donors (Lipinski definition) is 0. The molecule has 1 amide bonds. The second kappa shape index (κ2) is 7.27. The van der Waals surface area contributed by atoms with Crippen LogP contribution in [0.2, 0.25) is 0 Å². The molecule has 1 aromatic heterocycles. The molecule has 26 heavy (non-hydrogen) atoms. The van der Waals surface area contributed by atoms with Gasteiger partial charge in [0.05, 0.1) is 11.0 Å². The highest BCUT2D eigenvalue weighted by Crippen LogP contribution is 2.24. The zero-order chi connectivity index (χ0) is 18.1. The molecule has 1 saturated heterocycles. The van der Waals surface area contributed by atoms with Crippen molar-refractivity contribution in [2.24, 2.45) is 0 Å². The summed E-state index contributed by atoms with van der Waals surface area (Å²) in [6.07, 6.45) is 5.29. The summed E-state index contributed by atoms with van der Waals surface area (Å²) in [6.45, 7) is 6.18. The maximum absolute atomic E-state index is 12.8. The van der Waals surface area contributed by atoms with E-state index in [4.69, 9.17) is 0 Å². The molecular weight excluding hydrogens is 328 g/mol. The molecular formula is C20H28N4O2. The Balaban J connectivity index is 1.47. The van der Waals surface area contributed by atoms with E-state index in [1.807, 2.05) is 36.1 Å². The predicted molar refractivity (Wildman–Crippen MR) is 102 cm³/mol. The van der Waals surface area contributed by atoms with Gasteiger partial charge < -0.3 is 4.90 Å². The van der Waals surface area contributed by atoms with Crippen LogP contribution in [-0.4, -0.2) is 57.1 Å². The number of amides is 1. The normalized spacial score (nSPS) is 19.5. The average molecular weight is 356 g/mol. The van der Waals surface area contributed by atoms with E-state index in [0.717, 1.165) is 43.3 Å². The highest BCUT2D eigenvalue weighted by Gasteiger charge is 2.28. The maximum atomic E-state index is 12.8. The van der Waals surface area contributed by atoms with Crippen LogP contribution in [0.5, 0.6) is 0 Å². The standard InChI is InChI=1S/C20H28N4O2/c1-2-23-17-9-5-6-10-18(17)24(20(23)26)15-19(25)22-13-11-21(12-14-22)16-7-3-4-8-16/h5-6,9-10,16H,2-4,7-8,11-15H2,1H3. The van der Waals surface area contributed by atoms with Gasteiger partial charge in [0, 0.05) is 38.8 Å². The van der Waals surface area contributed by atoms with Gasteiger partial charge in [0.25, 0.3) is 0 Å². The van der Waals surface area contributed by atoms with Gasteiger partial charge in [-0.05, 0) is 31.9 Å². The molecule has 140 valence electrons. The van der Waals surface area contributed by atoms with E-state index < -0.39 is 0 Å². The Morgan fingerprint density at radius 3 is 2.23 bits per heavy atom. The van der Waals surface area contributed by atoms with Crippen LogP contribution in [0.1, 0.15) is 32.6 Å². The number of imidazole rings is 1. The van der Waals surface area contributed by atoms with Gasteiger partial charge in [0.2, 0.25) is 5.91 Å². The zero-order valence-corrected chi connectivity index (χ0v) is 15.6. The molecule has 2 aliphatic rings. The van der Waals surface area contributed by atoms with Crippen molar-refractivity contribution in [1.82, 2.24) is 18.9 Å². The van der Waals surface area contributed by atoms with Crippen LogP contribution in [0.4, 0.5) is 0 Å². The topological polar surface area (TPSA) is 50.5 Å². The third-order valence-electron chi connectivity index (χ3n) is 6.04. The Labute approximate surface area is 154 Å². The lowest BCUT2D eigenvalue weighted by atomic mass is 10.2. The molecule has 2 heterocycles. The van der Waals surface area contributed by atoms with Gasteiger partial charge >= 0.3 is 5.69 Å². The third kappa shape index (κ3) is 3.07. The lowest BCUT2D eigenvalue weighted by molar-refractivity contribution is -0.133. The van der Waals surface area contributed by atoms with Crippen molar-refractivity contribution < 1.29 is 4.79 Å². The van der Waals surface area contributed by atoms with E-state index in [1.165, 1.54) is 25.7 Å². The van der Waals surface area contributed by atoms with Gasteiger partial charge in [-0.15, -0.1) is 0 Å². The van der Waals surface area contributed by atoms with Gasteiger partial charge in [0.1, 0.15) is 6.54 Å². The summed E-state index contributed by atoms with van der Waals surface area (Å²) >= 11 is 0. The molecule has 0 bridgehead atoms. The quantitative estimate of drug-likeness (QED) is 0.841. The summed E-state index contributed by atoms with van der Waals surface area (Å²) in [4.78, 5) is 30.0. The van der Waals surface area contributed by atoms with Gasteiger partial charge in [0.15, 0.2) is 0 Å².